The van der Waals surface area contributed by atoms with Crippen molar-refractivity contribution in [1.82, 2.24) is 9.55 Å². The zero-order valence-corrected chi connectivity index (χ0v) is 33.5. The van der Waals surface area contributed by atoms with Gasteiger partial charge < -0.3 is 0 Å². The molecule has 1 aliphatic carbocycles. The van der Waals surface area contributed by atoms with Crippen molar-refractivity contribution in [3.05, 3.63) is 217 Å². The molecule has 3 heteroatoms. The third kappa shape index (κ3) is 5.06. The minimum absolute atomic E-state index is 0.342. The Labute approximate surface area is 352 Å². The Bertz CT molecular complexity index is 3550. The van der Waals surface area contributed by atoms with Crippen LogP contribution in [-0.2, 0) is 6.42 Å². The second kappa shape index (κ2) is 13.2. The van der Waals surface area contributed by atoms with E-state index in [9.17, 15) is 0 Å². The molecule has 1 unspecified atom stereocenters. The molecule has 0 bridgehead atoms. The van der Waals surface area contributed by atoms with Crippen LogP contribution in [0.3, 0.4) is 0 Å². The topological polar surface area (TPSA) is 17.8 Å². The Balaban J connectivity index is 1.07. The van der Waals surface area contributed by atoms with Gasteiger partial charge in [0.2, 0.25) is 0 Å². The van der Waals surface area contributed by atoms with Crippen LogP contribution in [0.15, 0.2) is 210 Å². The fourth-order valence-electron chi connectivity index (χ4n) is 10.3. The minimum atomic E-state index is 0.342. The minimum Gasteiger partial charge on any atom is -0.294 e. The number of aromatic nitrogens is 2. The van der Waals surface area contributed by atoms with Gasteiger partial charge in [0.1, 0.15) is 5.82 Å². The monoisotopic (exact) mass is 780 g/mol. The first kappa shape index (κ1) is 33.7. The number of hydrogen-bond donors (Lipinski definition) is 0. The average molecular weight is 781 g/mol. The molecular formula is C57H36N2S. The second-order valence-corrected chi connectivity index (χ2v) is 17.3. The number of hydrogen-bond acceptors (Lipinski definition) is 2. The van der Waals surface area contributed by atoms with Crippen LogP contribution >= 0.6 is 11.8 Å². The first-order valence-electron chi connectivity index (χ1n) is 20.8. The first-order chi connectivity index (χ1) is 29.7. The maximum Gasteiger partial charge on any atom is 0.138 e. The number of fused-ring (bicyclic) bond motifs is 10. The lowest BCUT2D eigenvalue weighted by Crippen LogP contribution is -2.12. The number of rotatable bonds is 4. The SMILES string of the molecule is c1ccc(-c2cc(-n3c4ccc(-c5ccc6c(c5)-c5ccccc5C(c5ccccc5)C6)cc4c4c5cccc6c5c(cc43)-c3ccccc3S6)nc3ccccc23)cc1. The normalized spacial score (nSPS) is 14.0. The van der Waals surface area contributed by atoms with Gasteiger partial charge in [-0.25, -0.2) is 4.98 Å². The Kier molecular flexibility index (Phi) is 7.40. The van der Waals surface area contributed by atoms with Gasteiger partial charge in [-0.2, -0.15) is 0 Å². The highest BCUT2D eigenvalue weighted by atomic mass is 32.2. The summed E-state index contributed by atoms with van der Waals surface area (Å²) in [4.78, 5) is 8.05. The van der Waals surface area contributed by atoms with Crippen LogP contribution < -0.4 is 0 Å². The Morgan fingerprint density at radius 2 is 1.15 bits per heavy atom. The van der Waals surface area contributed by atoms with E-state index in [0.29, 0.717) is 5.92 Å². The van der Waals surface area contributed by atoms with Crippen molar-refractivity contribution >= 4 is 55.2 Å². The summed E-state index contributed by atoms with van der Waals surface area (Å²) in [6.45, 7) is 0. The van der Waals surface area contributed by atoms with Gasteiger partial charge in [-0.05, 0) is 122 Å². The lowest BCUT2D eigenvalue weighted by atomic mass is 9.75. The number of pyridine rings is 1. The fraction of sp³-hybridized carbons (Fsp3) is 0.0351. The van der Waals surface area contributed by atoms with Gasteiger partial charge in [0, 0.05) is 37.3 Å². The van der Waals surface area contributed by atoms with Gasteiger partial charge in [0.05, 0.1) is 16.6 Å². The van der Waals surface area contributed by atoms with Crippen molar-refractivity contribution in [2.24, 2.45) is 0 Å². The maximum atomic E-state index is 5.45. The van der Waals surface area contributed by atoms with Gasteiger partial charge in [0.15, 0.2) is 0 Å². The van der Waals surface area contributed by atoms with Crippen molar-refractivity contribution in [1.29, 1.82) is 0 Å². The molecule has 0 spiro atoms. The lowest BCUT2D eigenvalue weighted by molar-refractivity contribution is 0.794. The van der Waals surface area contributed by atoms with Crippen molar-refractivity contribution < 1.29 is 0 Å². The molecule has 280 valence electrons. The zero-order valence-electron chi connectivity index (χ0n) is 32.6. The molecular weight excluding hydrogens is 745 g/mol. The maximum absolute atomic E-state index is 5.45. The van der Waals surface area contributed by atoms with E-state index in [1.807, 2.05) is 11.8 Å². The zero-order chi connectivity index (χ0) is 39.3. The highest BCUT2D eigenvalue weighted by Crippen LogP contribution is 2.52. The highest BCUT2D eigenvalue weighted by molar-refractivity contribution is 7.99. The van der Waals surface area contributed by atoms with Crippen LogP contribution in [-0.4, -0.2) is 9.55 Å². The molecule has 9 aromatic carbocycles. The predicted molar refractivity (Wildman–Crippen MR) is 251 cm³/mol. The Morgan fingerprint density at radius 3 is 2.05 bits per heavy atom. The summed E-state index contributed by atoms with van der Waals surface area (Å²) < 4.78 is 2.42. The van der Waals surface area contributed by atoms with Crippen LogP contribution in [0.5, 0.6) is 0 Å². The highest BCUT2D eigenvalue weighted by Gasteiger charge is 2.28. The van der Waals surface area contributed by atoms with Gasteiger partial charge >= 0.3 is 0 Å². The van der Waals surface area contributed by atoms with E-state index in [4.69, 9.17) is 4.98 Å². The fourth-order valence-corrected chi connectivity index (χ4v) is 11.4. The van der Waals surface area contributed by atoms with E-state index in [2.05, 4.69) is 205 Å². The molecule has 0 fully saturated rings. The Hall–Kier alpha value is -7.20. The van der Waals surface area contributed by atoms with E-state index >= 15 is 0 Å². The molecule has 0 radical (unpaired) electrons. The van der Waals surface area contributed by atoms with Gasteiger partial charge in [-0.1, -0.05) is 163 Å². The molecule has 0 N–H and O–H groups in total. The van der Waals surface area contributed by atoms with Crippen molar-refractivity contribution in [3.63, 3.8) is 0 Å². The third-order valence-corrected chi connectivity index (χ3v) is 14.1. The van der Waals surface area contributed by atoms with Gasteiger partial charge in [0.25, 0.3) is 0 Å². The van der Waals surface area contributed by atoms with Crippen LogP contribution in [0.1, 0.15) is 22.6 Å². The van der Waals surface area contributed by atoms with Gasteiger partial charge in [-0.3, -0.25) is 4.57 Å². The summed E-state index contributed by atoms with van der Waals surface area (Å²) in [5, 5.41) is 6.24. The van der Waals surface area contributed by atoms with Crippen molar-refractivity contribution in [2.45, 2.75) is 22.1 Å². The molecule has 2 aliphatic rings. The smallest absolute Gasteiger partial charge is 0.138 e. The van der Waals surface area contributed by atoms with E-state index < -0.39 is 0 Å². The second-order valence-electron chi connectivity index (χ2n) is 16.2. The number of para-hydroxylation sites is 1. The quantitative estimate of drug-likeness (QED) is 0.177. The van der Waals surface area contributed by atoms with Crippen LogP contribution in [0, 0.1) is 0 Å². The summed E-state index contributed by atoms with van der Waals surface area (Å²) in [5.74, 6) is 1.26. The molecule has 2 aromatic heterocycles. The standard InChI is InChI=1S/C57H36N2S/c1-3-14-35(15-4-1)45-32-39-27-26-37(30-46(39)41-19-8-7-18-40(41)45)38-28-29-51-49(31-38)56-44-22-13-25-54-57(44)48(43-21-10-12-24-53(43)60-54)33-52(56)59(51)55-34-47(36-16-5-2-6-17-36)42-20-9-11-23-50(42)58-55/h1-31,33-34,45H,32H2. The predicted octanol–water partition coefficient (Wildman–Crippen LogP) is 15.3. The molecule has 13 rings (SSSR count). The summed E-state index contributed by atoms with van der Waals surface area (Å²) in [7, 11) is 0. The lowest BCUT2D eigenvalue weighted by Gasteiger charge is -2.29. The summed E-state index contributed by atoms with van der Waals surface area (Å²) in [6.07, 6.45) is 0.991. The third-order valence-electron chi connectivity index (χ3n) is 13.0. The van der Waals surface area contributed by atoms with E-state index in [0.717, 1.165) is 34.2 Å². The van der Waals surface area contributed by atoms with E-state index in [-0.39, 0.29) is 0 Å². The molecule has 0 saturated heterocycles. The molecule has 60 heavy (non-hydrogen) atoms. The summed E-state index contributed by atoms with van der Waals surface area (Å²) in [5.41, 5.74) is 17.5. The van der Waals surface area contributed by atoms with E-state index in [1.54, 1.807) is 0 Å². The summed E-state index contributed by atoms with van der Waals surface area (Å²) >= 11 is 1.88. The van der Waals surface area contributed by atoms with Crippen LogP contribution in [0.4, 0.5) is 0 Å². The molecule has 1 aliphatic heterocycles. The van der Waals surface area contributed by atoms with Crippen LogP contribution in [0.25, 0.3) is 93.8 Å². The van der Waals surface area contributed by atoms with E-state index in [1.165, 1.54) is 92.5 Å². The molecule has 0 amide bonds. The first-order valence-corrected chi connectivity index (χ1v) is 21.6. The largest absolute Gasteiger partial charge is 0.294 e. The molecule has 0 saturated carbocycles. The number of nitrogens with zero attached hydrogens (tertiary/aromatic N) is 2. The number of benzene rings is 9. The van der Waals surface area contributed by atoms with Crippen molar-refractivity contribution in [3.8, 4) is 50.3 Å². The molecule has 1 atom stereocenters. The molecule has 2 nitrogen and oxygen atoms in total. The van der Waals surface area contributed by atoms with Crippen molar-refractivity contribution in [2.75, 3.05) is 0 Å². The molecule has 3 heterocycles. The Morgan fingerprint density at radius 1 is 0.433 bits per heavy atom. The van der Waals surface area contributed by atoms with Gasteiger partial charge in [-0.15, -0.1) is 0 Å². The van der Waals surface area contributed by atoms with Crippen LogP contribution in [0.2, 0.25) is 0 Å². The summed E-state index contributed by atoms with van der Waals surface area (Å²) in [6, 6.07) is 74.0. The average Bonchev–Trinajstić information content (AvgIpc) is 3.65. The molecule has 11 aromatic rings.